The molecule has 2 N–H and O–H groups in total. The van der Waals surface area contributed by atoms with Crippen molar-refractivity contribution < 1.29 is 10.2 Å². The summed E-state index contributed by atoms with van der Waals surface area (Å²) in [6.07, 6.45) is 18.9. The SMILES string of the molecule is C[C@H](CCCC(C)(C)O)[C@H]1CC[C@H]2/C(=C/C=C3/CCC[C@@H](O)C3)CCC[C@]12C. The van der Waals surface area contributed by atoms with E-state index in [-0.39, 0.29) is 6.10 Å². The average Bonchev–Trinajstić information content (AvgIpc) is 2.96. The molecule has 0 spiro atoms. The fraction of sp³-hybridized carbons (Fsp3) is 0.846. The molecule has 0 aliphatic heterocycles. The fourth-order valence-corrected chi connectivity index (χ4v) is 6.72. The van der Waals surface area contributed by atoms with Crippen molar-refractivity contribution in [2.45, 2.75) is 116 Å². The molecule has 3 aliphatic rings. The zero-order valence-corrected chi connectivity index (χ0v) is 18.8. The van der Waals surface area contributed by atoms with Gasteiger partial charge in [-0.2, -0.15) is 0 Å². The van der Waals surface area contributed by atoms with Gasteiger partial charge in [0.25, 0.3) is 0 Å². The Morgan fingerprint density at radius 2 is 1.93 bits per heavy atom. The number of aliphatic hydroxyl groups is 2. The van der Waals surface area contributed by atoms with Gasteiger partial charge in [0, 0.05) is 0 Å². The molecule has 3 aliphatic carbocycles. The molecule has 0 aromatic heterocycles. The molecule has 5 atom stereocenters. The Morgan fingerprint density at radius 1 is 1.14 bits per heavy atom. The van der Waals surface area contributed by atoms with Gasteiger partial charge in [-0.1, -0.05) is 50.0 Å². The van der Waals surface area contributed by atoms with Crippen LogP contribution in [0, 0.1) is 23.2 Å². The Balaban J connectivity index is 1.65. The molecule has 0 heterocycles. The zero-order valence-electron chi connectivity index (χ0n) is 18.8. The predicted octanol–water partition coefficient (Wildman–Crippen LogP) is 6.57. The van der Waals surface area contributed by atoms with Gasteiger partial charge in [-0.05, 0) is 101 Å². The van der Waals surface area contributed by atoms with Crippen molar-refractivity contribution >= 4 is 0 Å². The second-order valence-corrected chi connectivity index (χ2v) is 11.1. The number of rotatable bonds is 6. The van der Waals surface area contributed by atoms with Gasteiger partial charge >= 0.3 is 0 Å². The molecule has 0 saturated heterocycles. The highest BCUT2D eigenvalue weighted by atomic mass is 16.3. The van der Waals surface area contributed by atoms with Crippen molar-refractivity contribution in [1.29, 1.82) is 0 Å². The van der Waals surface area contributed by atoms with Gasteiger partial charge in [0.15, 0.2) is 0 Å². The van der Waals surface area contributed by atoms with Crippen molar-refractivity contribution in [3.8, 4) is 0 Å². The third kappa shape index (κ3) is 5.30. The molecule has 0 aromatic carbocycles. The monoisotopic (exact) mass is 388 g/mol. The van der Waals surface area contributed by atoms with Gasteiger partial charge in [-0.3, -0.25) is 0 Å². The first-order chi connectivity index (χ1) is 13.2. The van der Waals surface area contributed by atoms with Crippen LogP contribution in [0.5, 0.6) is 0 Å². The minimum Gasteiger partial charge on any atom is -0.393 e. The van der Waals surface area contributed by atoms with E-state index in [1.165, 1.54) is 50.5 Å². The first-order valence-corrected chi connectivity index (χ1v) is 12.0. The summed E-state index contributed by atoms with van der Waals surface area (Å²) in [7, 11) is 0. The van der Waals surface area contributed by atoms with E-state index in [2.05, 4.69) is 26.0 Å². The quantitative estimate of drug-likeness (QED) is 0.540. The van der Waals surface area contributed by atoms with E-state index in [4.69, 9.17) is 0 Å². The molecule has 0 bridgehead atoms. The third-order valence-electron chi connectivity index (χ3n) is 8.24. The van der Waals surface area contributed by atoms with Crippen LogP contribution in [-0.2, 0) is 0 Å². The van der Waals surface area contributed by atoms with Crippen LogP contribution in [0.3, 0.4) is 0 Å². The van der Waals surface area contributed by atoms with E-state index in [0.717, 1.165) is 49.9 Å². The molecule has 28 heavy (non-hydrogen) atoms. The number of aliphatic hydroxyl groups excluding tert-OH is 1. The van der Waals surface area contributed by atoms with Gasteiger partial charge in [0.1, 0.15) is 0 Å². The van der Waals surface area contributed by atoms with Gasteiger partial charge in [-0.25, -0.2) is 0 Å². The van der Waals surface area contributed by atoms with Crippen molar-refractivity contribution in [3.63, 3.8) is 0 Å². The number of allylic oxidation sites excluding steroid dienone is 3. The highest BCUT2D eigenvalue weighted by Gasteiger charge is 2.50. The Labute approximate surface area is 173 Å². The van der Waals surface area contributed by atoms with E-state index in [1.54, 1.807) is 5.57 Å². The molecule has 0 aromatic rings. The van der Waals surface area contributed by atoms with Gasteiger partial charge in [0.2, 0.25) is 0 Å². The largest absolute Gasteiger partial charge is 0.393 e. The van der Waals surface area contributed by atoms with E-state index in [1.807, 2.05) is 13.8 Å². The Kier molecular flexibility index (Phi) is 7.14. The highest BCUT2D eigenvalue weighted by Crippen LogP contribution is 2.59. The van der Waals surface area contributed by atoms with Gasteiger partial charge in [0.05, 0.1) is 11.7 Å². The van der Waals surface area contributed by atoms with Crippen LogP contribution in [-0.4, -0.2) is 21.9 Å². The summed E-state index contributed by atoms with van der Waals surface area (Å²) < 4.78 is 0. The number of fused-ring (bicyclic) bond motifs is 1. The smallest absolute Gasteiger partial charge is 0.0591 e. The fourth-order valence-electron chi connectivity index (χ4n) is 6.72. The normalized spacial score (nSPS) is 38.0. The van der Waals surface area contributed by atoms with Gasteiger partial charge in [-0.15, -0.1) is 0 Å². The Bertz CT molecular complexity index is 582. The second-order valence-electron chi connectivity index (χ2n) is 11.1. The van der Waals surface area contributed by atoms with Crippen molar-refractivity contribution in [1.82, 2.24) is 0 Å². The molecule has 0 amide bonds. The lowest BCUT2D eigenvalue weighted by molar-refractivity contribution is 0.0596. The summed E-state index contributed by atoms with van der Waals surface area (Å²) in [6.45, 7) is 8.91. The lowest BCUT2D eigenvalue weighted by Crippen LogP contribution is -2.36. The van der Waals surface area contributed by atoms with E-state index in [0.29, 0.717) is 5.41 Å². The molecule has 2 heteroatoms. The van der Waals surface area contributed by atoms with Crippen LogP contribution in [0.1, 0.15) is 105 Å². The van der Waals surface area contributed by atoms with E-state index >= 15 is 0 Å². The predicted molar refractivity (Wildman–Crippen MR) is 118 cm³/mol. The van der Waals surface area contributed by atoms with Crippen molar-refractivity contribution in [2.75, 3.05) is 0 Å². The summed E-state index contributed by atoms with van der Waals surface area (Å²) >= 11 is 0. The number of hydrogen-bond donors (Lipinski definition) is 2. The second kappa shape index (κ2) is 9.04. The lowest BCUT2D eigenvalue weighted by Gasteiger charge is -2.44. The van der Waals surface area contributed by atoms with Crippen LogP contribution in [0.4, 0.5) is 0 Å². The highest BCUT2D eigenvalue weighted by molar-refractivity contribution is 5.25. The van der Waals surface area contributed by atoms with Gasteiger partial charge < -0.3 is 10.2 Å². The molecule has 0 unspecified atom stereocenters. The summed E-state index contributed by atoms with van der Waals surface area (Å²) in [4.78, 5) is 0. The molecule has 3 fully saturated rings. The summed E-state index contributed by atoms with van der Waals surface area (Å²) in [5.74, 6) is 2.34. The van der Waals surface area contributed by atoms with Crippen LogP contribution < -0.4 is 0 Å². The van der Waals surface area contributed by atoms with Crippen LogP contribution >= 0.6 is 0 Å². The maximum Gasteiger partial charge on any atom is 0.0591 e. The van der Waals surface area contributed by atoms with Crippen molar-refractivity contribution in [2.24, 2.45) is 23.2 Å². The molecule has 3 rings (SSSR count). The molecule has 2 nitrogen and oxygen atoms in total. The zero-order chi connectivity index (χ0) is 20.4. The first kappa shape index (κ1) is 22.1. The van der Waals surface area contributed by atoms with E-state index in [9.17, 15) is 10.2 Å². The van der Waals surface area contributed by atoms with Crippen LogP contribution in [0.2, 0.25) is 0 Å². The molecule has 3 saturated carbocycles. The maximum absolute atomic E-state index is 10.0. The molecular formula is C26H44O2. The lowest BCUT2D eigenvalue weighted by atomic mass is 9.60. The summed E-state index contributed by atoms with van der Waals surface area (Å²) in [6, 6.07) is 0. The van der Waals surface area contributed by atoms with Crippen molar-refractivity contribution in [3.05, 3.63) is 23.3 Å². The van der Waals surface area contributed by atoms with Crippen LogP contribution in [0.15, 0.2) is 23.3 Å². The third-order valence-corrected chi connectivity index (χ3v) is 8.24. The average molecular weight is 389 g/mol. The maximum atomic E-state index is 10.0. The topological polar surface area (TPSA) is 40.5 Å². The summed E-state index contributed by atoms with van der Waals surface area (Å²) in [5.41, 5.74) is 3.08. The first-order valence-electron chi connectivity index (χ1n) is 12.0. The minimum absolute atomic E-state index is 0.115. The molecular weight excluding hydrogens is 344 g/mol. The standard InChI is InChI=1S/C26H44O2/c1-19(8-6-16-25(2,3)28)23-14-15-24-21(10-7-17-26(23,24)4)13-12-20-9-5-11-22(27)18-20/h12-13,19,22-24,27-28H,5-11,14-18H2,1-4H3/b20-12-,21-13+/t19-,22-,23-,24+,26-/m1/s1. The molecule has 160 valence electrons. The minimum atomic E-state index is -0.525. The van der Waals surface area contributed by atoms with Crippen LogP contribution in [0.25, 0.3) is 0 Å². The summed E-state index contributed by atoms with van der Waals surface area (Å²) in [5, 5.41) is 20.0. The Hall–Kier alpha value is -0.600. The Morgan fingerprint density at radius 3 is 2.64 bits per heavy atom. The number of hydrogen-bond acceptors (Lipinski definition) is 2. The molecule has 0 radical (unpaired) electrons. The van der Waals surface area contributed by atoms with E-state index < -0.39 is 5.60 Å².